The van der Waals surface area contributed by atoms with Gasteiger partial charge in [0.05, 0.1) is 6.61 Å². The van der Waals surface area contributed by atoms with Crippen molar-refractivity contribution in [1.82, 2.24) is 9.88 Å². The second-order valence-electron chi connectivity index (χ2n) is 6.23. The summed E-state index contributed by atoms with van der Waals surface area (Å²) in [4.78, 5) is 6.35. The van der Waals surface area contributed by atoms with E-state index in [-0.39, 0.29) is 0 Å². The Balaban J connectivity index is 1.75. The van der Waals surface area contributed by atoms with Crippen molar-refractivity contribution in [3.8, 4) is 5.75 Å². The Kier molecular flexibility index (Phi) is 7.39. The van der Waals surface area contributed by atoms with Crippen molar-refractivity contribution in [1.29, 1.82) is 0 Å². The van der Waals surface area contributed by atoms with Crippen LogP contribution in [0.5, 0.6) is 5.75 Å². The van der Waals surface area contributed by atoms with Gasteiger partial charge in [0, 0.05) is 35.6 Å². The van der Waals surface area contributed by atoms with Crippen LogP contribution in [0.25, 0.3) is 0 Å². The molecule has 3 aromatic rings. The lowest BCUT2D eigenvalue weighted by Gasteiger charge is -2.26. The fourth-order valence-electron chi connectivity index (χ4n) is 2.73. The zero-order valence-electron chi connectivity index (χ0n) is 15.6. The Labute approximate surface area is 179 Å². The van der Waals surface area contributed by atoms with Gasteiger partial charge >= 0.3 is 0 Å². The van der Waals surface area contributed by atoms with Gasteiger partial charge in [0.1, 0.15) is 5.75 Å². The smallest absolute Gasteiger partial charge is 0.174 e. The summed E-state index contributed by atoms with van der Waals surface area (Å²) in [6.45, 7) is 4.00. The van der Waals surface area contributed by atoms with Crippen molar-refractivity contribution < 1.29 is 4.74 Å². The maximum absolute atomic E-state index is 5.71. The summed E-state index contributed by atoms with van der Waals surface area (Å²) in [7, 11) is 0. The lowest BCUT2D eigenvalue weighted by atomic mass is 10.2. The summed E-state index contributed by atoms with van der Waals surface area (Å²) in [6.07, 6.45) is 3.64. The number of pyridine rings is 1. The molecule has 4 nitrogen and oxygen atoms in total. The Hall–Kier alpha value is -2.44. The highest BCUT2D eigenvalue weighted by atomic mass is 79.9. The zero-order chi connectivity index (χ0) is 19.8. The van der Waals surface area contributed by atoms with Crippen LogP contribution in [0.2, 0.25) is 0 Å². The monoisotopic (exact) mass is 455 g/mol. The van der Waals surface area contributed by atoms with Crippen LogP contribution >= 0.6 is 28.1 Å². The first-order valence-corrected chi connectivity index (χ1v) is 10.3. The minimum Gasteiger partial charge on any atom is -0.494 e. The predicted molar refractivity (Wildman–Crippen MR) is 121 cm³/mol. The maximum atomic E-state index is 5.71. The predicted octanol–water partition coefficient (Wildman–Crippen LogP) is 5.64. The molecule has 1 N–H and O–H groups in total. The highest BCUT2D eigenvalue weighted by molar-refractivity contribution is 9.10. The van der Waals surface area contributed by atoms with Crippen LogP contribution in [0.15, 0.2) is 77.5 Å². The minimum atomic E-state index is 0.660. The molecule has 0 aliphatic rings. The van der Waals surface area contributed by atoms with Crippen LogP contribution in [-0.4, -0.2) is 21.6 Å². The van der Waals surface area contributed by atoms with E-state index in [2.05, 4.69) is 49.3 Å². The van der Waals surface area contributed by atoms with Gasteiger partial charge in [-0.05, 0) is 72.7 Å². The molecule has 0 bridgehead atoms. The first kappa shape index (κ1) is 20.3. The largest absolute Gasteiger partial charge is 0.494 e. The zero-order valence-corrected chi connectivity index (χ0v) is 18.0. The third-order valence-corrected chi connectivity index (χ3v) is 4.98. The molecule has 2 aromatic carbocycles. The molecular formula is C22H22BrN3OS. The number of hydrogen-bond donors (Lipinski definition) is 1. The normalized spacial score (nSPS) is 10.4. The molecule has 0 saturated heterocycles. The number of hydrogen-bond acceptors (Lipinski definition) is 3. The summed E-state index contributed by atoms with van der Waals surface area (Å²) in [5.74, 6) is 0.876. The highest BCUT2D eigenvalue weighted by Crippen LogP contribution is 2.18. The van der Waals surface area contributed by atoms with Gasteiger partial charge in [-0.1, -0.05) is 34.1 Å². The quantitative estimate of drug-likeness (QED) is 0.466. The van der Waals surface area contributed by atoms with E-state index in [9.17, 15) is 0 Å². The molecule has 3 rings (SSSR count). The highest BCUT2D eigenvalue weighted by Gasteiger charge is 2.12. The van der Waals surface area contributed by atoms with E-state index in [4.69, 9.17) is 17.0 Å². The van der Waals surface area contributed by atoms with Crippen LogP contribution in [-0.2, 0) is 13.1 Å². The van der Waals surface area contributed by atoms with Gasteiger partial charge in [0.15, 0.2) is 5.11 Å². The van der Waals surface area contributed by atoms with E-state index in [1.807, 2.05) is 55.6 Å². The molecule has 0 fully saturated rings. The van der Waals surface area contributed by atoms with Gasteiger partial charge in [0.25, 0.3) is 0 Å². The molecule has 0 aliphatic carbocycles. The molecule has 0 saturated carbocycles. The van der Waals surface area contributed by atoms with Gasteiger partial charge in [-0.25, -0.2) is 0 Å². The van der Waals surface area contributed by atoms with Crippen LogP contribution in [0.4, 0.5) is 5.69 Å². The first-order chi connectivity index (χ1) is 13.6. The van der Waals surface area contributed by atoms with E-state index in [1.165, 1.54) is 0 Å². The van der Waals surface area contributed by atoms with Crippen molar-refractivity contribution in [3.63, 3.8) is 0 Å². The van der Waals surface area contributed by atoms with Crippen molar-refractivity contribution in [2.75, 3.05) is 11.9 Å². The van der Waals surface area contributed by atoms with E-state index in [0.29, 0.717) is 24.8 Å². The molecule has 0 aliphatic heterocycles. The van der Waals surface area contributed by atoms with Crippen LogP contribution in [0.1, 0.15) is 18.1 Å². The number of halogens is 1. The van der Waals surface area contributed by atoms with Crippen LogP contribution in [0, 0.1) is 0 Å². The third kappa shape index (κ3) is 6.04. The summed E-state index contributed by atoms with van der Waals surface area (Å²) >= 11 is 9.17. The molecule has 0 unspecified atom stereocenters. The van der Waals surface area contributed by atoms with Crippen molar-refractivity contribution in [3.05, 3.63) is 88.7 Å². The maximum Gasteiger partial charge on any atom is 0.174 e. The Bertz CT molecular complexity index is 886. The van der Waals surface area contributed by atoms with Crippen molar-refractivity contribution in [2.24, 2.45) is 0 Å². The minimum absolute atomic E-state index is 0.660. The lowest BCUT2D eigenvalue weighted by molar-refractivity contribution is 0.340. The number of thiocarbonyl (C=S) groups is 1. The fourth-order valence-corrected chi connectivity index (χ4v) is 3.24. The standard InChI is InChI=1S/C22H22BrN3OS/c1-2-27-21-11-5-17(6-12-21)15-26(16-18-4-3-13-24-14-18)22(28)25-20-9-7-19(23)8-10-20/h3-14H,2,15-16H2,1H3,(H,25,28). The lowest BCUT2D eigenvalue weighted by Crippen LogP contribution is -2.33. The first-order valence-electron chi connectivity index (χ1n) is 9.06. The molecule has 0 amide bonds. The number of nitrogens with zero attached hydrogens (tertiary/aromatic N) is 2. The number of ether oxygens (including phenoxy) is 1. The SMILES string of the molecule is CCOc1ccc(CN(Cc2cccnc2)C(=S)Nc2ccc(Br)cc2)cc1. The number of aromatic nitrogens is 1. The average Bonchev–Trinajstić information content (AvgIpc) is 2.71. The van der Waals surface area contributed by atoms with E-state index in [1.54, 1.807) is 6.20 Å². The summed E-state index contributed by atoms with van der Waals surface area (Å²) in [5.41, 5.74) is 3.22. The molecule has 28 heavy (non-hydrogen) atoms. The molecule has 1 heterocycles. The van der Waals surface area contributed by atoms with Gasteiger partial charge < -0.3 is 15.0 Å². The van der Waals surface area contributed by atoms with Crippen LogP contribution < -0.4 is 10.1 Å². The van der Waals surface area contributed by atoms with E-state index < -0.39 is 0 Å². The Morgan fingerprint density at radius 3 is 2.39 bits per heavy atom. The topological polar surface area (TPSA) is 37.4 Å². The molecule has 144 valence electrons. The molecule has 1 aromatic heterocycles. The van der Waals surface area contributed by atoms with Gasteiger partial charge in [0.2, 0.25) is 0 Å². The Morgan fingerprint density at radius 1 is 1.04 bits per heavy atom. The molecule has 0 radical (unpaired) electrons. The van der Waals surface area contributed by atoms with Crippen LogP contribution in [0.3, 0.4) is 0 Å². The third-order valence-electron chi connectivity index (χ3n) is 4.09. The van der Waals surface area contributed by atoms with E-state index in [0.717, 1.165) is 27.0 Å². The van der Waals surface area contributed by atoms with Gasteiger partial charge in [-0.15, -0.1) is 0 Å². The number of anilines is 1. The number of nitrogens with one attached hydrogen (secondary N) is 1. The number of rotatable bonds is 7. The molecular weight excluding hydrogens is 434 g/mol. The summed E-state index contributed by atoms with van der Waals surface area (Å²) in [5, 5.41) is 4.00. The van der Waals surface area contributed by atoms with Gasteiger partial charge in [-0.2, -0.15) is 0 Å². The molecule has 0 atom stereocenters. The molecule has 0 spiro atoms. The number of benzene rings is 2. The second-order valence-corrected chi connectivity index (χ2v) is 7.53. The van der Waals surface area contributed by atoms with E-state index >= 15 is 0 Å². The average molecular weight is 456 g/mol. The molecule has 6 heteroatoms. The Morgan fingerprint density at radius 2 is 1.75 bits per heavy atom. The fraction of sp³-hybridized carbons (Fsp3) is 0.182. The van der Waals surface area contributed by atoms with Gasteiger partial charge in [-0.3, -0.25) is 4.98 Å². The second kappa shape index (κ2) is 10.2. The van der Waals surface area contributed by atoms with Crippen molar-refractivity contribution >= 4 is 38.9 Å². The summed E-state index contributed by atoms with van der Waals surface area (Å²) in [6, 6.07) is 20.1. The van der Waals surface area contributed by atoms with Crippen molar-refractivity contribution in [2.45, 2.75) is 20.0 Å². The summed E-state index contributed by atoms with van der Waals surface area (Å²) < 4.78 is 6.57.